The quantitative estimate of drug-likeness (QED) is 0.490. The Morgan fingerprint density at radius 2 is 1.87 bits per heavy atom. The van der Waals surface area contributed by atoms with Gasteiger partial charge in [0.25, 0.3) is 17.5 Å². The summed E-state index contributed by atoms with van der Waals surface area (Å²) < 4.78 is 31.5. The van der Waals surface area contributed by atoms with Crippen molar-refractivity contribution in [2.24, 2.45) is 0 Å². The van der Waals surface area contributed by atoms with E-state index in [-0.39, 0.29) is 67.0 Å². The van der Waals surface area contributed by atoms with Gasteiger partial charge in [0.2, 0.25) is 10.0 Å². The summed E-state index contributed by atoms with van der Waals surface area (Å²) in [4.78, 5) is 36.6. The Morgan fingerprint density at radius 3 is 2.48 bits per heavy atom. The molecule has 1 N–H and O–H groups in total. The molecule has 1 saturated heterocycles. The molecule has 0 saturated carbocycles. The van der Waals surface area contributed by atoms with E-state index >= 15 is 0 Å². The lowest BCUT2D eigenvalue weighted by atomic mass is 10.1. The zero-order chi connectivity index (χ0) is 22.6. The van der Waals surface area contributed by atoms with Crippen molar-refractivity contribution in [3.05, 3.63) is 63.6 Å². The van der Waals surface area contributed by atoms with Gasteiger partial charge < -0.3 is 14.6 Å². The van der Waals surface area contributed by atoms with Crippen molar-refractivity contribution in [3.63, 3.8) is 0 Å². The van der Waals surface area contributed by atoms with Gasteiger partial charge in [-0.3, -0.25) is 19.7 Å². The van der Waals surface area contributed by atoms with E-state index in [9.17, 15) is 28.1 Å². The molecule has 3 rings (SSSR count). The second kappa shape index (κ2) is 9.27. The molecule has 0 unspecified atom stereocenters. The number of benzene rings is 1. The van der Waals surface area contributed by atoms with Crippen LogP contribution in [0, 0.1) is 17.0 Å². The third-order valence-corrected chi connectivity index (χ3v) is 6.92. The number of hydrogen-bond acceptors (Lipinski definition) is 7. The van der Waals surface area contributed by atoms with Crippen LogP contribution in [-0.4, -0.2) is 72.8 Å². The summed E-state index contributed by atoms with van der Waals surface area (Å²) in [7, 11) is -3.65. The maximum atomic E-state index is 12.6. The van der Waals surface area contributed by atoms with Crippen molar-refractivity contribution in [2.75, 3.05) is 38.5 Å². The van der Waals surface area contributed by atoms with Crippen LogP contribution >= 0.6 is 0 Å². The maximum absolute atomic E-state index is 12.6. The van der Waals surface area contributed by atoms with Crippen molar-refractivity contribution >= 4 is 27.5 Å². The Hall–Kier alpha value is -3.25. The molecule has 2 amide bonds. The second-order valence-corrected chi connectivity index (χ2v) is 9.04. The summed E-state index contributed by atoms with van der Waals surface area (Å²) >= 11 is 0. The highest BCUT2D eigenvalue weighted by atomic mass is 32.2. The Kier molecular flexibility index (Phi) is 6.71. The number of hydrogen-bond donors (Lipinski definition) is 1. The first-order valence-corrected chi connectivity index (χ1v) is 11.1. The summed E-state index contributed by atoms with van der Waals surface area (Å²) in [6.45, 7) is 2.08. The lowest BCUT2D eigenvalue weighted by molar-refractivity contribution is -0.385. The normalized spacial score (nSPS) is 14.9. The average molecular weight is 450 g/mol. The van der Waals surface area contributed by atoms with Gasteiger partial charge in [-0.25, -0.2) is 8.42 Å². The minimum atomic E-state index is -3.65. The van der Waals surface area contributed by atoms with Gasteiger partial charge in [0.05, 0.1) is 16.9 Å². The monoisotopic (exact) mass is 450 g/mol. The molecule has 11 nitrogen and oxygen atoms in total. The van der Waals surface area contributed by atoms with E-state index in [0.29, 0.717) is 0 Å². The van der Waals surface area contributed by atoms with Crippen LogP contribution in [0.15, 0.2) is 41.0 Å². The number of piperazine rings is 1. The van der Waals surface area contributed by atoms with Gasteiger partial charge in [-0.15, -0.1) is 0 Å². The molecule has 31 heavy (non-hydrogen) atoms. The number of carbonyl (C=O) groups is 2. The van der Waals surface area contributed by atoms with E-state index in [1.807, 2.05) is 0 Å². The van der Waals surface area contributed by atoms with E-state index < -0.39 is 20.9 Å². The molecule has 0 atom stereocenters. The number of rotatable bonds is 7. The van der Waals surface area contributed by atoms with Gasteiger partial charge in [0.1, 0.15) is 0 Å². The number of carbonyl (C=O) groups excluding carboxylic acids is 2. The highest BCUT2D eigenvalue weighted by molar-refractivity contribution is 7.89. The van der Waals surface area contributed by atoms with Crippen LogP contribution in [0.2, 0.25) is 0 Å². The third kappa shape index (κ3) is 5.09. The molecule has 0 aliphatic carbocycles. The van der Waals surface area contributed by atoms with E-state index in [2.05, 4.69) is 5.32 Å². The fourth-order valence-corrected chi connectivity index (χ4v) is 4.65. The highest BCUT2D eigenvalue weighted by Crippen LogP contribution is 2.21. The minimum absolute atomic E-state index is 0.122. The number of amides is 2. The van der Waals surface area contributed by atoms with Gasteiger partial charge in [0, 0.05) is 49.9 Å². The first-order chi connectivity index (χ1) is 14.7. The van der Waals surface area contributed by atoms with Crippen LogP contribution < -0.4 is 5.32 Å². The number of nitro groups is 1. The van der Waals surface area contributed by atoms with Crippen LogP contribution in [-0.2, 0) is 10.0 Å². The SMILES string of the molecule is Cc1c(C(=O)NCCS(=O)(=O)N2CCN(C(=O)c3ccco3)CC2)cccc1[N+](=O)[O-]. The maximum Gasteiger partial charge on any atom is 0.289 e. The van der Waals surface area contributed by atoms with Crippen LogP contribution in [0.5, 0.6) is 0 Å². The molecule has 1 aliphatic heterocycles. The van der Waals surface area contributed by atoms with Gasteiger partial charge in [-0.1, -0.05) is 6.07 Å². The predicted molar refractivity (Wildman–Crippen MR) is 110 cm³/mol. The first-order valence-electron chi connectivity index (χ1n) is 9.53. The smallest absolute Gasteiger partial charge is 0.289 e. The molecule has 0 spiro atoms. The second-order valence-electron chi connectivity index (χ2n) is 6.95. The molecular weight excluding hydrogens is 428 g/mol. The largest absolute Gasteiger partial charge is 0.459 e. The zero-order valence-corrected chi connectivity index (χ0v) is 17.6. The Bertz CT molecular complexity index is 1070. The summed E-state index contributed by atoms with van der Waals surface area (Å²) in [6.07, 6.45) is 1.40. The van der Waals surface area contributed by atoms with Crippen LogP contribution in [0.3, 0.4) is 0 Å². The number of nitro benzene ring substituents is 1. The van der Waals surface area contributed by atoms with E-state index in [0.717, 1.165) is 0 Å². The molecule has 12 heteroatoms. The number of nitrogens with one attached hydrogen (secondary N) is 1. The van der Waals surface area contributed by atoms with E-state index in [1.165, 1.54) is 40.6 Å². The van der Waals surface area contributed by atoms with Gasteiger partial charge in [-0.05, 0) is 25.1 Å². The van der Waals surface area contributed by atoms with Crippen molar-refractivity contribution < 1.29 is 27.3 Å². The van der Waals surface area contributed by atoms with Gasteiger partial charge in [-0.2, -0.15) is 4.31 Å². The van der Waals surface area contributed by atoms with Crippen molar-refractivity contribution in [1.82, 2.24) is 14.5 Å². The number of sulfonamides is 1. The highest BCUT2D eigenvalue weighted by Gasteiger charge is 2.30. The average Bonchev–Trinajstić information content (AvgIpc) is 3.28. The minimum Gasteiger partial charge on any atom is -0.459 e. The zero-order valence-electron chi connectivity index (χ0n) is 16.8. The van der Waals surface area contributed by atoms with Crippen molar-refractivity contribution in [3.8, 4) is 0 Å². The summed E-state index contributed by atoms with van der Waals surface area (Å²) in [5, 5.41) is 13.5. The molecule has 166 valence electrons. The topological polar surface area (TPSA) is 143 Å². The standard InChI is InChI=1S/C19H22N4O7S/c1-14-15(4-2-5-16(14)23(26)27)18(24)20-7-13-31(28,29)22-10-8-21(9-11-22)19(25)17-6-3-12-30-17/h2-6,12H,7-11,13H2,1H3,(H,20,24). The predicted octanol–water partition coefficient (Wildman–Crippen LogP) is 1.01. The molecule has 1 aromatic carbocycles. The van der Waals surface area contributed by atoms with Crippen molar-refractivity contribution in [1.29, 1.82) is 0 Å². The summed E-state index contributed by atoms with van der Waals surface area (Å²) in [6, 6.07) is 7.31. The molecule has 2 aromatic rings. The Balaban J connectivity index is 1.52. The van der Waals surface area contributed by atoms with Gasteiger partial charge in [0.15, 0.2) is 5.76 Å². The summed E-state index contributed by atoms with van der Waals surface area (Å²) in [5.41, 5.74) is 0.157. The molecular formula is C19H22N4O7S. The third-order valence-electron chi connectivity index (χ3n) is 5.04. The Labute approximate surface area is 178 Å². The fourth-order valence-electron chi connectivity index (χ4n) is 3.31. The first kappa shape index (κ1) is 22.4. The molecule has 0 bridgehead atoms. The molecule has 2 heterocycles. The molecule has 0 radical (unpaired) electrons. The van der Waals surface area contributed by atoms with E-state index in [4.69, 9.17) is 4.42 Å². The van der Waals surface area contributed by atoms with Crippen LogP contribution in [0.4, 0.5) is 5.69 Å². The number of furan rings is 1. The van der Waals surface area contributed by atoms with Crippen LogP contribution in [0.25, 0.3) is 0 Å². The van der Waals surface area contributed by atoms with Crippen molar-refractivity contribution in [2.45, 2.75) is 6.92 Å². The number of nitrogens with zero attached hydrogens (tertiary/aromatic N) is 3. The summed E-state index contributed by atoms with van der Waals surface area (Å²) in [5.74, 6) is -0.985. The lowest BCUT2D eigenvalue weighted by Gasteiger charge is -2.33. The fraction of sp³-hybridized carbons (Fsp3) is 0.368. The van der Waals surface area contributed by atoms with E-state index in [1.54, 1.807) is 12.1 Å². The Morgan fingerprint density at radius 1 is 1.16 bits per heavy atom. The molecule has 1 aromatic heterocycles. The van der Waals surface area contributed by atoms with Crippen LogP contribution in [0.1, 0.15) is 26.5 Å². The van der Waals surface area contributed by atoms with Gasteiger partial charge >= 0.3 is 0 Å². The molecule has 1 fully saturated rings. The molecule has 1 aliphatic rings. The lowest BCUT2D eigenvalue weighted by Crippen LogP contribution is -2.51.